The minimum Gasteiger partial charge on any atom is -1.00 e. The number of quaternary nitrogens is 1. The van der Waals surface area contributed by atoms with Gasteiger partial charge in [0.2, 0.25) is 0 Å². The van der Waals surface area contributed by atoms with Crippen molar-refractivity contribution in [2.24, 2.45) is 0 Å². The summed E-state index contributed by atoms with van der Waals surface area (Å²) in [7, 11) is 0. The molecule has 0 rings (SSSR count). The van der Waals surface area contributed by atoms with Crippen LogP contribution in [0.15, 0.2) is 0 Å². The fourth-order valence-electron chi connectivity index (χ4n) is 2.64. The Labute approximate surface area is 131 Å². The molecule has 0 saturated carbocycles. The molecule has 0 atom stereocenters. The van der Waals surface area contributed by atoms with Gasteiger partial charge in [-0.2, -0.15) is 0 Å². The van der Waals surface area contributed by atoms with Gasteiger partial charge in [0.25, 0.3) is 0 Å². The molecule has 0 aliphatic heterocycles. The van der Waals surface area contributed by atoms with Gasteiger partial charge < -0.3 is 21.5 Å². The third kappa shape index (κ3) is 11.9. The standard InChI is InChI=1S/C16H36N.BrH.FH/c1-5-9-13-17(14-10-6-2,15-11-7-3)16-12-8-4;;/h5-16H2,1-4H3;2*1H/q+1;;/p-1. The second-order valence-electron chi connectivity index (χ2n) is 5.65. The molecule has 0 bridgehead atoms. The van der Waals surface area contributed by atoms with Crippen molar-refractivity contribution >= 4 is 0 Å². The van der Waals surface area contributed by atoms with Gasteiger partial charge in [-0.25, -0.2) is 0 Å². The van der Waals surface area contributed by atoms with Crippen molar-refractivity contribution < 1.29 is 26.2 Å². The summed E-state index contributed by atoms with van der Waals surface area (Å²) >= 11 is 0. The molecule has 1 nitrogen and oxygen atoms in total. The number of nitrogens with zero attached hydrogens (tertiary/aromatic N) is 1. The Morgan fingerprint density at radius 3 is 0.895 bits per heavy atom. The van der Waals surface area contributed by atoms with Crippen molar-refractivity contribution in [3.8, 4) is 0 Å². The van der Waals surface area contributed by atoms with Crippen LogP contribution >= 0.6 is 0 Å². The monoisotopic (exact) mass is 341 g/mol. The lowest BCUT2D eigenvalue weighted by Gasteiger charge is -2.39. The van der Waals surface area contributed by atoms with E-state index in [-0.39, 0.29) is 21.7 Å². The molecule has 0 aromatic carbocycles. The Morgan fingerprint density at radius 2 is 0.737 bits per heavy atom. The van der Waals surface area contributed by atoms with Gasteiger partial charge in [0.1, 0.15) is 0 Å². The molecule has 120 valence electrons. The van der Waals surface area contributed by atoms with Crippen molar-refractivity contribution in [1.82, 2.24) is 0 Å². The summed E-state index contributed by atoms with van der Waals surface area (Å²) in [6, 6.07) is 0. The van der Waals surface area contributed by atoms with Crippen LogP contribution in [0, 0.1) is 0 Å². The number of rotatable bonds is 12. The summed E-state index contributed by atoms with van der Waals surface area (Å²) in [6.07, 6.45) is 11.1. The first kappa shape index (κ1) is 24.4. The summed E-state index contributed by atoms with van der Waals surface area (Å²) in [5.41, 5.74) is 0. The highest BCUT2D eigenvalue weighted by molar-refractivity contribution is 4.49. The molecule has 0 spiro atoms. The highest BCUT2D eigenvalue weighted by Crippen LogP contribution is 2.16. The smallest absolute Gasteiger partial charge is 0.0786 e. The summed E-state index contributed by atoms with van der Waals surface area (Å²) in [6.45, 7) is 15.0. The fraction of sp³-hybridized carbons (Fsp3) is 1.00. The van der Waals surface area contributed by atoms with E-state index in [1.165, 1.54) is 82.0 Å². The zero-order valence-corrected chi connectivity index (χ0v) is 15.3. The van der Waals surface area contributed by atoms with Crippen LogP contribution in [0.3, 0.4) is 0 Å². The average molecular weight is 342 g/mol. The molecule has 0 aromatic rings. The lowest BCUT2D eigenvalue weighted by molar-refractivity contribution is -0.929. The average Bonchev–Trinajstić information content (AvgIpc) is 2.37. The molecule has 0 aliphatic carbocycles. The molecular weight excluding hydrogens is 305 g/mol. The Hall–Kier alpha value is 0.370. The molecule has 0 amide bonds. The highest BCUT2D eigenvalue weighted by Gasteiger charge is 2.24. The predicted molar refractivity (Wildman–Crippen MR) is 81.9 cm³/mol. The molecule has 0 saturated heterocycles. The van der Waals surface area contributed by atoms with Gasteiger partial charge >= 0.3 is 0 Å². The minimum absolute atomic E-state index is 0. The van der Waals surface area contributed by atoms with Crippen LogP contribution in [0.5, 0.6) is 0 Å². The zero-order valence-electron chi connectivity index (χ0n) is 13.7. The molecule has 0 aromatic heterocycles. The van der Waals surface area contributed by atoms with E-state index in [4.69, 9.17) is 0 Å². The molecule has 0 N–H and O–H groups in total. The van der Waals surface area contributed by atoms with E-state index in [9.17, 15) is 0 Å². The van der Waals surface area contributed by atoms with Gasteiger partial charge in [0.15, 0.2) is 0 Å². The maximum absolute atomic E-state index is 2.33. The van der Waals surface area contributed by atoms with E-state index in [0.29, 0.717) is 0 Å². The van der Waals surface area contributed by atoms with Gasteiger partial charge in [-0.3, -0.25) is 4.70 Å². The second-order valence-corrected chi connectivity index (χ2v) is 5.65. The summed E-state index contributed by atoms with van der Waals surface area (Å²) in [5.74, 6) is 0. The third-order valence-corrected chi connectivity index (χ3v) is 3.94. The highest BCUT2D eigenvalue weighted by atomic mass is 79.9. The lowest BCUT2D eigenvalue weighted by atomic mass is 10.1. The number of hydrogen-bond donors (Lipinski definition) is 0. The molecular formula is C16H37BrFN. The van der Waals surface area contributed by atoms with E-state index in [1.54, 1.807) is 0 Å². The van der Waals surface area contributed by atoms with E-state index < -0.39 is 0 Å². The second kappa shape index (κ2) is 16.4. The van der Waals surface area contributed by atoms with Crippen molar-refractivity contribution in [1.29, 1.82) is 0 Å². The van der Waals surface area contributed by atoms with Crippen LogP contribution < -0.4 is 17.0 Å². The SMILES string of the molecule is CCCC[N+](CCCC)(CCCC)CCCC.F.[Br-]. The van der Waals surface area contributed by atoms with Crippen molar-refractivity contribution in [2.45, 2.75) is 79.1 Å². The molecule has 0 unspecified atom stereocenters. The Bertz CT molecular complexity index is 127. The minimum atomic E-state index is 0. The van der Waals surface area contributed by atoms with Crippen LogP contribution in [-0.2, 0) is 0 Å². The number of unbranched alkanes of at least 4 members (excludes halogenated alkanes) is 4. The summed E-state index contributed by atoms with van der Waals surface area (Å²) < 4.78 is 1.42. The van der Waals surface area contributed by atoms with Crippen molar-refractivity contribution in [2.75, 3.05) is 26.2 Å². The molecule has 3 heteroatoms. The van der Waals surface area contributed by atoms with E-state index in [0.717, 1.165) is 0 Å². The molecule has 0 fully saturated rings. The zero-order chi connectivity index (χ0) is 13.0. The normalized spacial score (nSPS) is 10.7. The van der Waals surface area contributed by atoms with Gasteiger partial charge in [0.05, 0.1) is 26.2 Å². The van der Waals surface area contributed by atoms with Gasteiger partial charge in [0, 0.05) is 0 Å². The van der Waals surface area contributed by atoms with Crippen LogP contribution in [0.2, 0.25) is 0 Å². The first-order valence-electron chi connectivity index (χ1n) is 8.09. The number of halogens is 2. The van der Waals surface area contributed by atoms with E-state index >= 15 is 0 Å². The molecule has 0 heterocycles. The Kier molecular flexibility index (Phi) is 21.1. The number of hydrogen-bond acceptors (Lipinski definition) is 0. The summed E-state index contributed by atoms with van der Waals surface area (Å²) in [4.78, 5) is 0. The Balaban J connectivity index is -0.00000128. The third-order valence-electron chi connectivity index (χ3n) is 3.94. The van der Waals surface area contributed by atoms with Crippen LogP contribution in [0.4, 0.5) is 4.70 Å². The topological polar surface area (TPSA) is 0 Å². The Morgan fingerprint density at radius 1 is 0.526 bits per heavy atom. The van der Waals surface area contributed by atoms with Gasteiger partial charge in [-0.1, -0.05) is 53.4 Å². The van der Waals surface area contributed by atoms with Gasteiger partial charge in [-0.15, -0.1) is 0 Å². The summed E-state index contributed by atoms with van der Waals surface area (Å²) in [5, 5.41) is 0. The largest absolute Gasteiger partial charge is 1.00 e. The van der Waals surface area contributed by atoms with Gasteiger partial charge in [-0.05, 0) is 25.7 Å². The molecule has 0 radical (unpaired) electrons. The maximum atomic E-state index is 2.33. The predicted octanol–water partition coefficient (Wildman–Crippen LogP) is 2.16. The van der Waals surface area contributed by atoms with Crippen molar-refractivity contribution in [3.05, 3.63) is 0 Å². The van der Waals surface area contributed by atoms with Crippen molar-refractivity contribution in [3.63, 3.8) is 0 Å². The lowest BCUT2D eigenvalue weighted by Crippen LogP contribution is -3.00. The maximum Gasteiger partial charge on any atom is 0.0786 e. The van der Waals surface area contributed by atoms with Crippen LogP contribution in [-0.4, -0.2) is 30.7 Å². The first-order valence-corrected chi connectivity index (χ1v) is 8.09. The van der Waals surface area contributed by atoms with Crippen LogP contribution in [0.25, 0.3) is 0 Å². The first-order chi connectivity index (χ1) is 8.24. The van der Waals surface area contributed by atoms with Crippen LogP contribution in [0.1, 0.15) is 79.1 Å². The molecule has 19 heavy (non-hydrogen) atoms. The van der Waals surface area contributed by atoms with E-state index in [1.807, 2.05) is 0 Å². The molecule has 0 aliphatic rings. The quantitative estimate of drug-likeness (QED) is 0.477. The van der Waals surface area contributed by atoms with E-state index in [2.05, 4.69) is 27.7 Å². The fourth-order valence-corrected chi connectivity index (χ4v) is 2.64.